The quantitative estimate of drug-likeness (QED) is 0.866. The molecule has 0 spiro atoms. The van der Waals surface area contributed by atoms with Crippen molar-refractivity contribution in [1.29, 1.82) is 0 Å². The highest BCUT2D eigenvalue weighted by Crippen LogP contribution is 2.37. The Morgan fingerprint density at radius 1 is 1.35 bits per heavy atom. The summed E-state index contributed by atoms with van der Waals surface area (Å²) in [6.45, 7) is 1.98. The van der Waals surface area contributed by atoms with Crippen molar-refractivity contribution in [2.24, 2.45) is 0 Å². The third-order valence-corrected chi connectivity index (χ3v) is 4.28. The highest BCUT2D eigenvalue weighted by atomic mass is 32.1. The van der Waals surface area contributed by atoms with Crippen molar-refractivity contribution in [1.82, 2.24) is 0 Å². The summed E-state index contributed by atoms with van der Waals surface area (Å²) in [4.78, 5) is 11.4. The summed E-state index contributed by atoms with van der Waals surface area (Å²) >= 11 is 0.913. The molecule has 0 aliphatic heterocycles. The number of halogens is 3. The van der Waals surface area contributed by atoms with Crippen LogP contribution in [-0.2, 0) is 12.6 Å². The molecule has 1 aromatic carbocycles. The normalized spacial score (nSPS) is 12.0. The number of rotatable bonds is 4. The van der Waals surface area contributed by atoms with Crippen LogP contribution in [-0.4, -0.2) is 11.1 Å². The molecule has 0 saturated heterocycles. The summed E-state index contributed by atoms with van der Waals surface area (Å²) < 4.78 is 38.4. The van der Waals surface area contributed by atoms with Crippen LogP contribution in [0.3, 0.4) is 0 Å². The fourth-order valence-electron chi connectivity index (χ4n) is 2.10. The monoisotopic (exact) mass is 302 g/mol. The zero-order valence-electron chi connectivity index (χ0n) is 10.8. The number of fused-ring (bicyclic) bond motifs is 1. The van der Waals surface area contributed by atoms with Crippen LogP contribution in [0.1, 0.15) is 40.6 Å². The van der Waals surface area contributed by atoms with E-state index in [0.29, 0.717) is 22.1 Å². The Morgan fingerprint density at radius 2 is 2.05 bits per heavy atom. The molecule has 108 valence electrons. The molecule has 0 atom stereocenters. The second-order valence-corrected chi connectivity index (χ2v) is 5.58. The SMILES string of the molecule is CCCCc1c(C(=O)O)sc2cc(C(F)(F)F)ccc12. The van der Waals surface area contributed by atoms with Gasteiger partial charge < -0.3 is 5.11 Å². The first-order valence-electron chi connectivity index (χ1n) is 6.20. The predicted octanol–water partition coefficient (Wildman–Crippen LogP) is 4.96. The number of aromatic carboxylic acids is 1. The van der Waals surface area contributed by atoms with E-state index in [9.17, 15) is 23.1 Å². The van der Waals surface area contributed by atoms with Crippen LogP contribution < -0.4 is 0 Å². The van der Waals surface area contributed by atoms with E-state index in [1.807, 2.05) is 6.92 Å². The van der Waals surface area contributed by atoms with Gasteiger partial charge >= 0.3 is 12.1 Å². The maximum atomic E-state index is 12.7. The lowest BCUT2D eigenvalue weighted by molar-refractivity contribution is -0.137. The standard InChI is InChI=1S/C14H13F3O2S/c1-2-3-4-10-9-6-5-8(14(15,16)17)7-11(9)20-12(10)13(18)19/h5-7H,2-4H2,1H3,(H,18,19). The number of hydrogen-bond acceptors (Lipinski definition) is 2. The van der Waals surface area contributed by atoms with Crippen molar-refractivity contribution in [2.75, 3.05) is 0 Å². The number of hydrogen-bond donors (Lipinski definition) is 1. The number of carboxylic acids is 1. The van der Waals surface area contributed by atoms with E-state index in [4.69, 9.17) is 0 Å². The maximum Gasteiger partial charge on any atom is 0.416 e. The van der Waals surface area contributed by atoms with E-state index >= 15 is 0 Å². The average molecular weight is 302 g/mol. The minimum atomic E-state index is -4.41. The second-order valence-electron chi connectivity index (χ2n) is 4.53. The number of unbranched alkanes of at least 4 members (excludes halogenated alkanes) is 1. The van der Waals surface area contributed by atoms with Gasteiger partial charge in [0.2, 0.25) is 0 Å². The lowest BCUT2D eigenvalue weighted by atomic mass is 10.0. The van der Waals surface area contributed by atoms with Gasteiger partial charge in [-0.2, -0.15) is 13.2 Å². The number of alkyl halides is 3. The maximum absolute atomic E-state index is 12.7. The lowest BCUT2D eigenvalue weighted by Gasteiger charge is -2.06. The van der Waals surface area contributed by atoms with E-state index < -0.39 is 17.7 Å². The van der Waals surface area contributed by atoms with Gasteiger partial charge in [0.1, 0.15) is 4.88 Å². The molecule has 0 amide bonds. The van der Waals surface area contributed by atoms with Gasteiger partial charge in [-0.1, -0.05) is 19.4 Å². The Labute approximate surface area is 117 Å². The Bertz CT molecular complexity index is 644. The van der Waals surface area contributed by atoms with Crippen LogP contribution >= 0.6 is 11.3 Å². The Morgan fingerprint density at radius 3 is 2.60 bits per heavy atom. The molecule has 6 heteroatoms. The molecule has 0 radical (unpaired) electrons. The van der Waals surface area contributed by atoms with E-state index in [1.165, 1.54) is 6.07 Å². The molecule has 0 aliphatic rings. The molecule has 2 aromatic rings. The molecule has 2 rings (SSSR count). The number of benzene rings is 1. The highest BCUT2D eigenvalue weighted by Gasteiger charge is 2.31. The summed E-state index contributed by atoms with van der Waals surface area (Å²) in [5.41, 5.74) is -0.0988. The molecule has 0 bridgehead atoms. The molecule has 2 nitrogen and oxygen atoms in total. The van der Waals surface area contributed by atoms with E-state index in [-0.39, 0.29) is 4.88 Å². The Hall–Kier alpha value is -1.56. The number of thiophene rings is 1. The van der Waals surface area contributed by atoms with Crippen LogP contribution in [0.5, 0.6) is 0 Å². The molecule has 0 unspecified atom stereocenters. The van der Waals surface area contributed by atoms with Gasteiger partial charge in [-0.15, -0.1) is 11.3 Å². The van der Waals surface area contributed by atoms with E-state index in [0.717, 1.165) is 36.3 Å². The summed E-state index contributed by atoms with van der Waals surface area (Å²) in [5, 5.41) is 9.80. The summed E-state index contributed by atoms with van der Waals surface area (Å²) in [6, 6.07) is 3.42. The van der Waals surface area contributed by atoms with Crippen LogP contribution in [0, 0.1) is 0 Å². The highest BCUT2D eigenvalue weighted by molar-refractivity contribution is 7.21. The average Bonchev–Trinajstić information content (AvgIpc) is 2.73. The predicted molar refractivity (Wildman–Crippen MR) is 72.4 cm³/mol. The van der Waals surface area contributed by atoms with Crippen molar-refractivity contribution in [3.05, 3.63) is 34.2 Å². The van der Waals surface area contributed by atoms with Crippen LogP contribution in [0.2, 0.25) is 0 Å². The van der Waals surface area contributed by atoms with Crippen LogP contribution in [0.15, 0.2) is 18.2 Å². The molecule has 1 N–H and O–H groups in total. The van der Waals surface area contributed by atoms with Gasteiger partial charge in [0.25, 0.3) is 0 Å². The molecular weight excluding hydrogens is 289 g/mol. The minimum Gasteiger partial charge on any atom is -0.477 e. The molecule has 1 heterocycles. The van der Waals surface area contributed by atoms with Crippen molar-refractivity contribution in [2.45, 2.75) is 32.4 Å². The molecule has 20 heavy (non-hydrogen) atoms. The summed E-state index contributed by atoms with van der Waals surface area (Å²) in [6.07, 6.45) is -2.13. The van der Waals surface area contributed by atoms with Crippen molar-refractivity contribution >= 4 is 27.4 Å². The van der Waals surface area contributed by atoms with E-state index in [1.54, 1.807) is 0 Å². The summed E-state index contributed by atoms with van der Waals surface area (Å²) in [7, 11) is 0. The van der Waals surface area contributed by atoms with Crippen LogP contribution in [0.4, 0.5) is 13.2 Å². The molecule has 0 fully saturated rings. The third kappa shape index (κ3) is 2.80. The Balaban J connectivity index is 2.58. The van der Waals surface area contributed by atoms with Crippen molar-refractivity contribution < 1.29 is 23.1 Å². The number of aryl methyl sites for hydroxylation is 1. The fraction of sp³-hybridized carbons (Fsp3) is 0.357. The smallest absolute Gasteiger partial charge is 0.416 e. The van der Waals surface area contributed by atoms with Gasteiger partial charge in [-0.25, -0.2) is 4.79 Å². The van der Waals surface area contributed by atoms with Crippen LogP contribution in [0.25, 0.3) is 10.1 Å². The van der Waals surface area contributed by atoms with E-state index in [2.05, 4.69) is 0 Å². The van der Waals surface area contributed by atoms with Gasteiger partial charge in [-0.05, 0) is 35.9 Å². The number of carbonyl (C=O) groups is 1. The second kappa shape index (κ2) is 5.44. The van der Waals surface area contributed by atoms with Crippen molar-refractivity contribution in [3.63, 3.8) is 0 Å². The van der Waals surface area contributed by atoms with Gasteiger partial charge in [-0.3, -0.25) is 0 Å². The van der Waals surface area contributed by atoms with Gasteiger partial charge in [0.15, 0.2) is 0 Å². The van der Waals surface area contributed by atoms with Gasteiger partial charge in [0, 0.05) is 4.70 Å². The largest absolute Gasteiger partial charge is 0.477 e. The lowest BCUT2D eigenvalue weighted by Crippen LogP contribution is -2.03. The molecule has 0 saturated carbocycles. The third-order valence-electron chi connectivity index (χ3n) is 3.09. The zero-order valence-corrected chi connectivity index (χ0v) is 11.6. The van der Waals surface area contributed by atoms with Gasteiger partial charge in [0.05, 0.1) is 5.56 Å². The zero-order chi connectivity index (χ0) is 14.9. The first-order valence-corrected chi connectivity index (χ1v) is 7.02. The first-order chi connectivity index (χ1) is 9.34. The minimum absolute atomic E-state index is 0.146. The first kappa shape index (κ1) is 14.8. The molecule has 1 aromatic heterocycles. The molecular formula is C14H13F3O2S. The Kier molecular flexibility index (Phi) is 4.04. The fourth-order valence-corrected chi connectivity index (χ4v) is 3.23. The molecule has 0 aliphatic carbocycles. The topological polar surface area (TPSA) is 37.3 Å². The van der Waals surface area contributed by atoms with Crippen molar-refractivity contribution in [3.8, 4) is 0 Å². The number of carboxylic acid groups (broad SMARTS) is 1. The summed E-state index contributed by atoms with van der Waals surface area (Å²) in [5.74, 6) is -1.08.